The first-order valence-electron chi connectivity index (χ1n) is 9.10. The number of benzene rings is 3. The summed E-state index contributed by atoms with van der Waals surface area (Å²) >= 11 is 3.17. The van der Waals surface area contributed by atoms with Crippen molar-refractivity contribution < 1.29 is 23.0 Å². The average molecular weight is 476 g/mol. The molecule has 0 unspecified atom stereocenters. The third-order valence-corrected chi connectivity index (χ3v) is 5.35. The van der Waals surface area contributed by atoms with E-state index in [9.17, 15) is 13.6 Å². The molecule has 0 amide bonds. The van der Waals surface area contributed by atoms with E-state index in [2.05, 4.69) is 15.9 Å². The Hall–Kier alpha value is -2.93. The van der Waals surface area contributed by atoms with Crippen molar-refractivity contribution in [3.05, 3.63) is 87.4 Å². The van der Waals surface area contributed by atoms with Crippen LogP contribution in [0.3, 0.4) is 0 Å². The van der Waals surface area contributed by atoms with E-state index in [-0.39, 0.29) is 15.7 Å². The van der Waals surface area contributed by atoms with Gasteiger partial charge in [0.25, 0.3) is 0 Å². The summed E-state index contributed by atoms with van der Waals surface area (Å²) in [5.74, 6) is -0.835. The number of carbonyl (C=O) groups is 1. The Morgan fingerprint density at radius 2 is 1.33 bits per heavy atom. The molecule has 0 aliphatic carbocycles. The normalized spacial score (nSPS) is 10.6. The Balaban J connectivity index is 2.00. The van der Waals surface area contributed by atoms with Crippen LogP contribution in [0.2, 0.25) is 0 Å². The summed E-state index contributed by atoms with van der Waals surface area (Å²) < 4.78 is 39.9. The maximum atomic E-state index is 14.9. The lowest BCUT2D eigenvalue weighted by Crippen LogP contribution is -2.24. The van der Waals surface area contributed by atoms with E-state index in [0.717, 1.165) is 11.1 Å². The van der Waals surface area contributed by atoms with Crippen LogP contribution in [0.4, 0.5) is 14.5 Å². The van der Waals surface area contributed by atoms with Crippen LogP contribution in [0, 0.1) is 11.6 Å². The van der Waals surface area contributed by atoms with Crippen LogP contribution in [0.5, 0.6) is 11.5 Å². The molecule has 156 valence electrons. The largest absolute Gasteiger partial charge is 0.497 e. The van der Waals surface area contributed by atoms with E-state index in [1.54, 1.807) is 19.1 Å². The maximum absolute atomic E-state index is 14.9. The van der Waals surface area contributed by atoms with Crippen molar-refractivity contribution in [3.63, 3.8) is 0 Å². The Morgan fingerprint density at radius 3 is 1.73 bits per heavy atom. The van der Waals surface area contributed by atoms with Crippen LogP contribution < -0.4 is 14.4 Å². The Labute approximate surface area is 182 Å². The quantitative estimate of drug-likeness (QED) is 0.306. The molecule has 3 rings (SSSR count). The molecule has 0 fully saturated rings. The number of aldehydes is 1. The standard InChI is InChI=1S/C23H20BrF2NO3/c1-29-17-7-3-15(4-8-17)12-27(13-16-5-9-18(30-2)10-6-16)21-11-20(24)19(14-28)22(25)23(21)26/h3-11,14H,12-13H2,1-2H3. The number of rotatable bonds is 8. The smallest absolute Gasteiger partial charge is 0.182 e. The van der Waals surface area contributed by atoms with E-state index in [1.165, 1.54) is 6.07 Å². The summed E-state index contributed by atoms with van der Waals surface area (Å²) in [5, 5.41) is 0. The zero-order chi connectivity index (χ0) is 21.7. The van der Waals surface area contributed by atoms with Crippen molar-refractivity contribution in [3.8, 4) is 11.5 Å². The van der Waals surface area contributed by atoms with Gasteiger partial charge in [0, 0.05) is 17.6 Å². The number of ether oxygens (including phenoxy) is 2. The van der Waals surface area contributed by atoms with Gasteiger partial charge < -0.3 is 14.4 Å². The molecule has 4 nitrogen and oxygen atoms in total. The summed E-state index contributed by atoms with van der Waals surface area (Å²) in [6, 6.07) is 16.1. The van der Waals surface area contributed by atoms with Crippen LogP contribution in [-0.2, 0) is 13.1 Å². The van der Waals surface area contributed by atoms with E-state index >= 15 is 0 Å². The number of nitrogens with zero attached hydrogens (tertiary/aromatic N) is 1. The molecule has 3 aromatic carbocycles. The lowest BCUT2D eigenvalue weighted by molar-refractivity contribution is 0.111. The first kappa shape index (κ1) is 21.8. The number of hydrogen-bond donors (Lipinski definition) is 0. The van der Waals surface area contributed by atoms with Gasteiger partial charge in [0.2, 0.25) is 0 Å². The predicted molar refractivity (Wildman–Crippen MR) is 115 cm³/mol. The van der Waals surface area contributed by atoms with Crippen molar-refractivity contribution in [1.82, 2.24) is 0 Å². The molecule has 0 spiro atoms. The zero-order valence-electron chi connectivity index (χ0n) is 16.5. The van der Waals surface area contributed by atoms with Gasteiger partial charge in [-0.1, -0.05) is 24.3 Å². The second-order valence-electron chi connectivity index (χ2n) is 6.59. The fourth-order valence-electron chi connectivity index (χ4n) is 3.06. The number of anilines is 1. The molecule has 0 saturated heterocycles. The average Bonchev–Trinajstić information content (AvgIpc) is 2.77. The highest BCUT2D eigenvalue weighted by Crippen LogP contribution is 2.32. The first-order valence-corrected chi connectivity index (χ1v) is 9.89. The van der Waals surface area contributed by atoms with Crippen molar-refractivity contribution >= 4 is 27.9 Å². The minimum atomic E-state index is -1.18. The highest BCUT2D eigenvalue weighted by Gasteiger charge is 2.21. The van der Waals surface area contributed by atoms with Crippen molar-refractivity contribution in [2.45, 2.75) is 13.1 Å². The van der Waals surface area contributed by atoms with Gasteiger partial charge in [-0.25, -0.2) is 8.78 Å². The summed E-state index contributed by atoms with van der Waals surface area (Å²) in [4.78, 5) is 12.8. The molecule has 0 atom stereocenters. The number of hydrogen-bond acceptors (Lipinski definition) is 4. The molecular formula is C23H20BrF2NO3. The number of halogens is 3. The molecular weight excluding hydrogens is 456 g/mol. The molecule has 30 heavy (non-hydrogen) atoms. The molecule has 0 heterocycles. The Bertz CT molecular complexity index is 975. The van der Waals surface area contributed by atoms with Crippen LogP contribution in [-0.4, -0.2) is 20.5 Å². The minimum absolute atomic E-state index is 0.0524. The van der Waals surface area contributed by atoms with Crippen molar-refractivity contribution in [2.75, 3.05) is 19.1 Å². The number of methoxy groups -OCH3 is 2. The summed E-state index contributed by atoms with van der Waals surface area (Å²) in [5.41, 5.74) is 1.49. The van der Waals surface area contributed by atoms with Gasteiger partial charge in [-0.3, -0.25) is 4.79 Å². The van der Waals surface area contributed by atoms with Crippen LogP contribution in [0.25, 0.3) is 0 Å². The number of carbonyl (C=O) groups excluding carboxylic acids is 1. The van der Waals surface area contributed by atoms with Crippen molar-refractivity contribution in [2.24, 2.45) is 0 Å². The summed E-state index contributed by atoms with van der Waals surface area (Å²) in [7, 11) is 3.16. The lowest BCUT2D eigenvalue weighted by atomic mass is 10.1. The lowest BCUT2D eigenvalue weighted by Gasteiger charge is -2.26. The zero-order valence-corrected chi connectivity index (χ0v) is 18.1. The molecule has 0 aromatic heterocycles. The predicted octanol–water partition coefficient (Wildman–Crippen LogP) is 5.76. The molecule has 0 radical (unpaired) electrons. The second-order valence-corrected chi connectivity index (χ2v) is 7.44. The van der Waals surface area contributed by atoms with E-state index in [4.69, 9.17) is 9.47 Å². The molecule has 0 N–H and O–H groups in total. The van der Waals surface area contributed by atoms with Crippen LogP contribution in [0.15, 0.2) is 59.1 Å². The van der Waals surface area contributed by atoms with Gasteiger partial charge >= 0.3 is 0 Å². The molecule has 7 heteroatoms. The van der Waals surface area contributed by atoms with E-state index < -0.39 is 11.6 Å². The molecule has 0 bridgehead atoms. The Morgan fingerprint density at radius 1 is 0.867 bits per heavy atom. The fraction of sp³-hybridized carbons (Fsp3) is 0.174. The Kier molecular flexibility index (Phi) is 7.05. The molecule has 0 aliphatic heterocycles. The highest BCUT2D eigenvalue weighted by molar-refractivity contribution is 9.10. The molecule has 0 aliphatic rings. The van der Waals surface area contributed by atoms with Gasteiger partial charge in [-0.05, 0) is 57.4 Å². The van der Waals surface area contributed by atoms with Gasteiger partial charge in [0.15, 0.2) is 17.9 Å². The fourth-order valence-corrected chi connectivity index (χ4v) is 3.55. The van der Waals surface area contributed by atoms with Crippen molar-refractivity contribution in [1.29, 1.82) is 0 Å². The van der Waals surface area contributed by atoms with Gasteiger partial charge in [-0.2, -0.15) is 0 Å². The molecule has 0 saturated carbocycles. The maximum Gasteiger partial charge on any atom is 0.182 e. The molecule has 3 aromatic rings. The summed E-state index contributed by atoms with van der Waals surface area (Å²) in [6.45, 7) is 0.637. The van der Waals surface area contributed by atoms with Crippen LogP contribution >= 0.6 is 15.9 Å². The first-order chi connectivity index (χ1) is 14.5. The van der Waals surface area contributed by atoms with E-state index in [0.29, 0.717) is 30.9 Å². The van der Waals surface area contributed by atoms with Gasteiger partial charge in [-0.15, -0.1) is 0 Å². The highest BCUT2D eigenvalue weighted by atomic mass is 79.9. The van der Waals surface area contributed by atoms with Gasteiger partial charge in [0.05, 0.1) is 25.5 Å². The van der Waals surface area contributed by atoms with Gasteiger partial charge in [0.1, 0.15) is 11.5 Å². The third-order valence-electron chi connectivity index (χ3n) is 4.70. The minimum Gasteiger partial charge on any atom is -0.497 e. The monoisotopic (exact) mass is 475 g/mol. The van der Waals surface area contributed by atoms with E-state index in [1.807, 2.05) is 48.5 Å². The SMILES string of the molecule is COc1ccc(CN(Cc2ccc(OC)cc2)c2cc(Br)c(C=O)c(F)c2F)cc1. The second kappa shape index (κ2) is 9.71. The third kappa shape index (κ3) is 4.79. The summed E-state index contributed by atoms with van der Waals surface area (Å²) in [6.07, 6.45) is 0.295. The van der Waals surface area contributed by atoms with Crippen LogP contribution in [0.1, 0.15) is 21.5 Å². The topological polar surface area (TPSA) is 38.8 Å².